The number of benzene rings is 2. The first-order valence-electron chi connectivity index (χ1n) is 16.1. The first-order chi connectivity index (χ1) is 21.0. The predicted molar refractivity (Wildman–Crippen MR) is 184 cm³/mol. The van der Waals surface area contributed by atoms with Crippen LogP contribution in [0.3, 0.4) is 0 Å². The van der Waals surface area contributed by atoms with E-state index < -0.39 is 0 Å². The second-order valence-corrected chi connectivity index (χ2v) is 12.1. The first-order valence-corrected chi connectivity index (χ1v) is 16.5. The van der Waals surface area contributed by atoms with E-state index in [2.05, 4.69) is 34.6 Å². The molecule has 0 atom stereocenters. The van der Waals surface area contributed by atoms with E-state index in [1.807, 2.05) is 37.3 Å². The molecular weight excluding hydrogens is 570 g/mol. The van der Waals surface area contributed by atoms with Crippen molar-refractivity contribution in [1.82, 2.24) is 4.90 Å². The number of unbranched alkanes of at least 4 members (excludes halogenated alkanes) is 9. The van der Waals surface area contributed by atoms with Gasteiger partial charge < -0.3 is 10.6 Å². The minimum Gasteiger partial charge on any atom is -0.383 e. The van der Waals surface area contributed by atoms with Gasteiger partial charge in [0.1, 0.15) is 0 Å². The van der Waals surface area contributed by atoms with Gasteiger partial charge in [-0.05, 0) is 43.7 Å². The van der Waals surface area contributed by atoms with Gasteiger partial charge in [-0.25, -0.2) is 0 Å². The molecule has 0 fully saturated rings. The lowest BCUT2D eigenvalue weighted by Crippen LogP contribution is -2.35. The van der Waals surface area contributed by atoms with Gasteiger partial charge in [-0.15, -0.1) is 0 Å². The van der Waals surface area contributed by atoms with Crippen LogP contribution in [-0.2, 0) is 0 Å². The normalized spacial score (nSPS) is 11.3. The van der Waals surface area contributed by atoms with Gasteiger partial charge in [0, 0.05) is 64.9 Å². The van der Waals surface area contributed by atoms with Gasteiger partial charge in [-0.1, -0.05) is 89.8 Å². The molecule has 4 N–H and O–H groups in total. The Balaban J connectivity index is 0.00000529. The summed E-state index contributed by atoms with van der Waals surface area (Å²) < 4.78 is 2.30. The van der Waals surface area contributed by atoms with Gasteiger partial charge in [-0.3, -0.25) is 15.3 Å². The van der Waals surface area contributed by atoms with Gasteiger partial charge in [0.05, 0.1) is 22.1 Å². The number of nitrogens with one attached hydrogen (secondary N) is 2. The van der Waals surface area contributed by atoms with Gasteiger partial charge in [0.15, 0.2) is 0 Å². The third-order valence-corrected chi connectivity index (χ3v) is 8.50. The second-order valence-electron chi connectivity index (χ2n) is 11.7. The summed E-state index contributed by atoms with van der Waals surface area (Å²) in [5, 5.41) is 30.3. The minimum atomic E-state index is 0. The van der Waals surface area contributed by atoms with Crippen LogP contribution >= 0.6 is 11.6 Å². The van der Waals surface area contributed by atoms with Crippen molar-refractivity contribution >= 4 is 44.8 Å². The Morgan fingerprint density at radius 1 is 0.659 bits per heavy atom. The van der Waals surface area contributed by atoms with Crippen molar-refractivity contribution in [3.63, 3.8) is 0 Å². The summed E-state index contributed by atoms with van der Waals surface area (Å²) in [6, 6.07) is 15.6. The van der Waals surface area contributed by atoms with E-state index in [-0.39, 0.29) is 7.43 Å². The molecule has 0 aliphatic heterocycles. The van der Waals surface area contributed by atoms with Crippen molar-refractivity contribution in [2.45, 2.75) is 85.5 Å². The van der Waals surface area contributed by atoms with Crippen LogP contribution < -0.4 is 20.1 Å². The summed E-state index contributed by atoms with van der Waals surface area (Å²) in [6.45, 7) is 8.81. The minimum absolute atomic E-state index is 0. The number of halogens is 1. The van der Waals surface area contributed by atoms with Crippen molar-refractivity contribution in [3.05, 3.63) is 71.5 Å². The summed E-state index contributed by atoms with van der Waals surface area (Å²) >= 11 is 6.17. The molecule has 0 bridgehead atoms. The zero-order chi connectivity index (χ0) is 30.4. The number of rotatable bonds is 19. The smallest absolute Gasteiger partial charge is 0.268 e. The topological polar surface area (TPSA) is 75.5 Å². The van der Waals surface area contributed by atoms with Crippen LogP contribution in [0.5, 0.6) is 0 Å². The molecule has 44 heavy (non-hydrogen) atoms. The summed E-state index contributed by atoms with van der Waals surface area (Å²) in [7, 11) is 0. The molecule has 8 heteroatoms. The number of aryl methyl sites for hydroxylation is 1. The molecule has 7 nitrogen and oxygen atoms in total. The van der Waals surface area contributed by atoms with E-state index >= 15 is 0 Å². The molecule has 0 amide bonds. The lowest BCUT2D eigenvalue weighted by atomic mass is 10.1. The van der Waals surface area contributed by atoms with E-state index in [1.165, 1.54) is 68.9 Å². The number of aromatic nitrogens is 2. The van der Waals surface area contributed by atoms with Crippen molar-refractivity contribution in [2.24, 2.45) is 0 Å². The van der Waals surface area contributed by atoms with E-state index in [9.17, 15) is 10.4 Å². The quantitative estimate of drug-likeness (QED) is 0.0479. The van der Waals surface area contributed by atoms with Crippen LogP contribution in [0.25, 0.3) is 21.8 Å². The van der Waals surface area contributed by atoms with Gasteiger partial charge in [-0.2, -0.15) is 0 Å². The van der Waals surface area contributed by atoms with E-state index in [4.69, 9.17) is 11.6 Å². The highest BCUT2D eigenvalue weighted by molar-refractivity contribution is 6.31. The Morgan fingerprint density at radius 3 is 1.73 bits per heavy atom. The SMILES string of the molecule is C.CCCCCCCCCCCCN(CCNc1cc[n+](O)c2cc(C)ccc12)CCNc1cc[n+](O)c2cc(Cl)ccc12. The Bertz CT molecular complexity index is 1350. The Kier molecular flexibility index (Phi) is 14.8. The average Bonchev–Trinajstić information content (AvgIpc) is 3.00. The number of pyridine rings is 2. The summed E-state index contributed by atoms with van der Waals surface area (Å²) in [5.41, 5.74) is 4.61. The van der Waals surface area contributed by atoms with Crippen LogP contribution in [0.2, 0.25) is 5.02 Å². The Hall–Kier alpha value is -3.29. The first kappa shape index (κ1) is 35.2. The third kappa shape index (κ3) is 10.4. The molecule has 2 heterocycles. The molecule has 2 aromatic carbocycles. The lowest BCUT2D eigenvalue weighted by molar-refractivity contribution is -0.884. The van der Waals surface area contributed by atoms with Crippen molar-refractivity contribution in [1.29, 1.82) is 0 Å². The summed E-state index contributed by atoms with van der Waals surface area (Å²) in [6.07, 6.45) is 16.7. The van der Waals surface area contributed by atoms with Crippen LogP contribution in [0.15, 0.2) is 60.9 Å². The molecular formula is C36H54ClN5O2+2. The largest absolute Gasteiger partial charge is 0.383 e. The fourth-order valence-corrected chi connectivity index (χ4v) is 5.94. The van der Waals surface area contributed by atoms with E-state index in [0.29, 0.717) is 10.5 Å². The maximum Gasteiger partial charge on any atom is 0.268 e. The fourth-order valence-electron chi connectivity index (χ4n) is 5.78. The number of fused-ring (bicyclic) bond motifs is 2. The van der Waals surface area contributed by atoms with Gasteiger partial charge in [0.25, 0.3) is 11.0 Å². The molecule has 0 aliphatic rings. The summed E-state index contributed by atoms with van der Waals surface area (Å²) in [5.74, 6) is 0. The highest BCUT2D eigenvalue weighted by Gasteiger charge is 2.15. The number of anilines is 2. The Labute approximate surface area is 269 Å². The highest BCUT2D eigenvalue weighted by atomic mass is 35.5. The van der Waals surface area contributed by atoms with E-state index in [0.717, 1.165) is 70.7 Å². The molecule has 4 rings (SSSR count). The molecule has 0 saturated carbocycles. The Morgan fingerprint density at radius 2 is 1.16 bits per heavy atom. The number of hydrogen-bond donors (Lipinski definition) is 4. The second kappa shape index (κ2) is 18.5. The van der Waals surface area contributed by atoms with Crippen molar-refractivity contribution < 1.29 is 19.9 Å². The number of nitrogens with zero attached hydrogens (tertiary/aromatic N) is 3. The van der Waals surface area contributed by atoms with Crippen molar-refractivity contribution in [2.75, 3.05) is 43.4 Å². The van der Waals surface area contributed by atoms with Gasteiger partial charge in [0.2, 0.25) is 12.4 Å². The molecule has 0 aliphatic carbocycles. The van der Waals surface area contributed by atoms with Crippen LogP contribution in [-0.4, -0.2) is 48.0 Å². The zero-order valence-corrected chi connectivity index (χ0v) is 26.8. The molecule has 0 unspecified atom stereocenters. The standard InChI is InChI=1S/C35H48ClN5O2.CH4/c1-3-4-5-6-7-8-9-10-11-12-21-39(24-19-37-32-17-22-40(42)34-26-28(2)13-15-30(32)34)25-20-38-33-18-23-41(43)35-27-29(36)14-16-31(33)35;/h13-18,22-23,26-27,42-43H,3-12,19-21,24-25H2,1-2H3;1H4/p+2. The summed E-state index contributed by atoms with van der Waals surface area (Å²) in [4.78, 5) is 2.53. The maximum absolute atomic E-state index is 10.3. The van der Waals surface area contributed by atoms with Crippen molar-refractivity contribution in [3.8, 4) is 0 Å². The molecule has 0 radical (unpaired) electrons. The van der Waals surface area contributed by atoms with Crippen LogP contribution in [0.4, 0.5) is 11.4 Å². The van der Waals surface area contributed by atoms with Gasteiger partial charge >= 0.3 is 0 Å². The van der Waals surface area contributed by atoms with Crippen LogP contribution in [0, 0.1) is 6.92 Å². The fraction of sp³-hybridized carbons (Fsp3) is 0.500. The maximum atomic E-state index is 10.3. The van der Waals surface area contributed by atoms with Crippen LogP contribution in [0.1, 0.15) is 84.1 Å². The molecule has 2 aromatic heterocycles. The number of hydrogen-bond acceptors (Lipinski definition) is 5. The third-order valence-electron chi connectivity index (χ3n) is 8.27. The monoisotopic (exact) mass is 623 g/mol. The van der Waals surface area contributed by atoms with E-state index in [1.54, 1.807) is 18.5 Å². The molecule has 0 spiro atoms. The molecule has 240 valence electrons. The predicted octanol–water partition coefficient (Wildman–Crippen LogP) is 8.39. The average molecular weight is 624 g/mol. The highest BCUT2D eigenvalue weighted by Crippen LogP contribution is 2.24. The lowest BCUT2D eigenvalue weighted by Gasteiger charge is -2.23. The molecule has 4 aromatic rings. The zero-order valence-electron chi connectivity index (χ0n) is 26.0. The molecule has 0 saturated heterocycles.